The predicted molar refractivity (Wildman–Crippen MR) is 83.0 cm³/mol. The fraction of sp³-hybridized carbons (Fsp3) is 0.941. The molecule has 4 atom stereocenters. The number of carbonyl (C=O) groups excluding carboxylic acids is 1. The summed E-state index contributed by atoms with van der Waals surface area (Å²) in [5.41, 5.74) is 0.0683. The molecule has 2 heterocycles. The van der Waals surface area contributed by atoms with Gasteiger partial charge in [0.05, 0.1) is 6.10 Å². The SMILES string of the molecule is CCOC1CC(NC(=O)CC2CC3CCC(C2)N3)C1(C)C. The summed E-state index contributed by atoms with van der Waals surface area (Å²) in [4.78, 5) is 12.3. The highest BCUT2D eigenvalue weighted by Crippen LogP contribution is 2.43. The first kappa shape index (κ1) is 15.3. The predicted octanol–water partition coefficient (Wildman–Crippen LogP) is 2.23. The fourth-order valence-corrected chi connectivity index (χ4v) is 4.47. The van der Waals surface area contributed by atoms with Gasteiger partial charge in [0.25, 0.3) is 0 Å². The molecule has 2 N–H and O–H groups in total. The summed E-state index contributed by atoms with van der Waals surface area (Å²) in [5.74, 6) is 0.823. The van der Waals surface area contributed by atoms with Crippen molar-refractivity contribution in [2.24, 2.45) is 11.3 Å². The molecule has 1 saturated carbocycles. The Labute approximate surface area is 128 Å². The largest absolute Gasteiger partial charge is 0.378 e. The fourth-order valence-electron chi connectivity index (χ4n) is 4.47. The van der Waals surface area contributed by atoms with Crippen molar-refractivity contribution in [2.75, 3.05) is 6.61 Å². The van der Waals surface area contributed by atoms with Gasteiger partial charge in [-0.1, -0.05) is 13.8 Å². The monoisotopic (exact) mass is 294 g/mol. The lowest BCUT2D eigenvalue weighted by atomic mass is 9.64. The zero-order valence-electron chi connectivity index (χ0n) is 13.7. The number of fused-ring (bicyclic) bond motifs is 2. The first-order chi connectivity index (χ1) is 9.99. The average molecular weight is 294 g/mol. The van der Waals surface area contributed by atoms with Gasteiger partial charge < -0.3 is 15.4 Å². The smallest absolute Gasteiger partial charge is 0.220 e. The van der Waals surface area contributed by atoms with E-state index in [1.54, 1.807) is 0 Å². The third-order valence-corrected chi connectivity index (χ3v) is 5.93. The molecule has 1 aliphatic carbocycles. The third-order valence-electron chi connectivity index (χ3n) is 5.93. The third kappa shape index (κ3) is 3.11. The van der Waals surface area contributed by atoms with Gasteiger partial charge >= 0.3 is 0 Å². The molecular formula is C17H30N2O2. The Bertz CT molecular complexity index is 384. The molecule has 0 aromatic heterocycles. The summed E-state index contributed by atoms with van der Waals surface area (Å²) in [6.07, 6.45) is 6.93. The number of carbonyl (C=O) groups is 1. The van der Waals surface area contributed by atoms with Gasteiger partial charge in [-0.15, -0.1) is 0 Å². The zero-order chi connectivity index (χ0) is 15.0. The van der Waals surface area contributed by atoms with E-state index in [0.717, 1.165) is 13.0 Å². The van der Waals surface area contributed by atoms with Crippen molar-refractivity contribution in [3.8, 4) is 0 Å². The molecule has 2 saturated heterocycles. The summed E-state index contributed by atoms with van der Waals surface area (Å²) in [5, 5.41) is 6.89. The van der Waals surface area contributed by atoms with Crippen molar-refractivity contribution in [3.63, 3.8) is 0 Å². The quantitative estimate of drug-likeness (QED) is 0.817. The Morgan fingerprint density at radius 2 is 1.90 bits per heavy atom. The highest BCUT2D eigenvalue weighted by atomic mass is 16.5. The van der Waals surface area contributed by atoms with Crippen LogP contribution in [0.2, 0.25) is 0 Å². The molecule has 0 aromatic rings. The van der Waals surface area contributed by atoms with E-state index in [-0.39, 0.29) is 17.4 Å². The lowest BCUT2D eigenvalue weighted by Crippen LogP contribution is -2.62. The zero-order valence-corrected chi connectivity index (χ0v) is 13.7. The van der Waals surface area contributed by atoms with E-state index in [4.69, 9.17) is 4.74 Å². The van der Waals surface area contributed by atoms with Crippen LogP contribution in [0.25, 0.3) is 0 Å². The molecule has 1 amide bonds. The number of piperidine rings is 1. The molecule has 4 heteroatoms. The molecule has 0 radical (unpaired) electrons. The molecular weight excluding hydrogens is 264 g/mol. The van der Waals surface area contributed by atoms with E-state index in [0.29, 0.717) is 30.5 Å². The minimum atomic E-state index is 0.0683. The molecule has 120 valence electrons. The van der Waals surface area contributed by atoms with Crippen LogP contribution in [0.1, 0.15) is 59.3 Å². The molecule has 4 unspecified atom stereocenters. The summed E-state index contributed by atoms with van der Waals surface area (Å²) in [6, 6.07) is 1.62. The number of hydrogen-bond acceptors (Lipinski definition) is 3. The van der Waals surface area contributed by atoms with Crippen molar-refractivity contribution >= 4 is 5.91 Å². The molecule has 3 rings (SSSR count). The molecule has 2 aliphatic heterocycles. The van der Waals surface area contributed by atoms with Gasteiger partial charge in [-0.3, -0.25) is 4.79 Å². The lowest BCUT2D eigenvalue weighted by Gasteiger charge is -2.51. The Kier molecular flexibility index (Phi) is 4.28. The van der Waals surface area contributed by atoms with Crippen molar-refractivity contribution in [1.82, 2.24) is 10.6 Å². The van der Waals surface area contributed by atoms with Gasteiger partial charge in [0, 0.05) is 36.6 Å². The van der Waals surface area contributed by atoms with Crippen molar-refractivity contribution < 1.29 is 9.53 Å². The Hall–Kier alpha value is -0.610. The van der Waals surface area contributed by atoms with Crippen molar-refractivity contribution in [3.05, 3.63) is 0 Å². The first-order valence-corrected chi connectivity index (χ1v) is 8.66. The topological polar surface area (TPSA) is 50.4 Å². The van der Waals surface area contributed by atoms with Crippen LogP contribution in [0.5, 0.6) is 0 Å². The standard InChI is InChI=1S/C17H30N2O2/c1-4-21-15-10-14(17(15,2)3)19-16(20)9-11-7-12-5-6-13(8-11)18-12/h11-15,18H,4-10H2,1-3H3,(H,19,20). The second-order valence-corrected chi connectivity index (χ2v) is 7.80. The molecule has 3 fully saturated rings. The van der Waals surface area contributed by atoms with E-state index in [1.165, 1.54) is 25.7 Å². The highest BCUT2D eigenvalue weighted by Gasteiger charge is 2.49. The number of amides is 1. The summed E-state index contributed by atoms with van der Waals surface area (Å²) < 4.78 is 5.73. The number of ether oxygens (including phenoxy) is 1. The minimum Gasteiger partial charge on any atom is -0.378 e. The molecule has 0 spiro atoms. The molecule has 2 bridgehead atoms. The van der Waals surface area contributed by atoms with Crippen LogP contribution >= 0.6 is 0 Å². The van der Waals surface area contributed by atoms with Crippen LogP contribution in [-0.4, -0.2) is 36.7 Å². The summed E-state index contributed by atoms with van der Waals surface area (Å²) >= 11 is 0. The van der Waals surface area contributed by atoms with Crippen molar-refractivity contribution in [2.45, 2.75) is 83.5 Å². The first-order valence-electron chi connectivity index (χ1n) is 8.66. The molecule has 0 aromatic carbocycles. The van der Waals surface area contributed by atoms with Gasteiger partial charge in [0.15, 0.2) is 0 Å². The highest BCUT2D eigenvalue weighted by molar-refractivity contribution is 5.76. The van der Waals surface area contributed by atoms with E-state index < -0.39 is 0 Å². The van der Waals surface area contributed by atoms with Crippen LogP contribution in [0.15, 0.2) is 0 Å². The second kappa shape index (κ2) is 5.88. The number of hydrogen-bond donors (Lipinski definition) is 2. The number of nitrogens with one attached hydrogen (secondary N) is 2. The van der Waals surface area contributed by atoms with E-state index in [1.807, 2.05) is 6.92 Å². The van der Waals surface area contributed by atoms with Crippen LogP contribution in [0, 0.1) is 11.3 Å². The van der Waals surface area contributed by atoms with Crippen LogP contribution in [0.3, 0.4) is 0 Å². The Morgan fingerprint density at radius 1 is 1.24 bits per heavy atom. The molecule has 4 nitrogen and oxygen atoms in total. The van der Waals surface area contributed by atoms with Crippen molar-refractivity contribution in [1.29, 1.82) is 0 Å². The minimum absolute atomic E-state index is 0.0683. The van der Waals surface area contributed by atoms with Gasteiger partial charge in [-0.05, 0) is 44.9 Å². The number of rotatable bonds is 5. The van der Waals surface area contributed by atoms with E-state index in [9.17, 15) is 4.79 Å². The van der Waals surface area contributed by atoms with E-state index >= 15 is 0 Å². The average Bonchev–Trinajstić information content (AvgIpc) is 2.77. The van der Waals surface area contributed by atoms with Gasteiger partial charge in [-0.25, -0.2) is 0 Å². The van der Waals surface area contributed by atoms with Crippen LogP contribution in [-0.2, 0) is 9.53 Å². The summed E-state index contributed by atoms with van der Waals surface area (Å²) in [6.45, 7) is 7.19. The maximum absolute atomic E-state index is 12.3. The second-order valence-electron chi connectivity index (χ2n) is 7.80. The maximum Gasteiger partial charge on any atom is 0.220 e. The Balaban J connectivity index is 1.45. The maximum atomic E-state index is 12.3. The van der Waals surface area contributed by atoms with E-state index in [2.05, 4.69) is 24.5 Å². The lowest BCUT2D eigenvalue weighted by molar-refractivity contribution is -0.137. The molecule has 21 heavy (non-hydrogen) atoms. The van der Waals surface area contributed by atoms with Gasteiger partial charge in [0.1, 0.15) is 0 Å². The van der Waals surface area contributed by atoms with Gasteiger partial charge in [-0.2, -0.15) is 0 Å². The normalized spacial score (nSPS) is 40.6. The van der Waals surface area contributed by atoms with Crippen LogP contribution < -0.4 is 10.6 Å². The summed E-state index contributed by atoms with van der Waals surface area (Å²) in [7, 11) is 0. The van der Waals surface area contributed by atoms with Crippen LogP contribution in [0.4, 0.5) is 0 Å². The molecule has 3 aliphatic rings. The van der Waals surface area contributed by atoms with Gasteiger partial charge in [0.2, 0.25) is 5.91 Å². The Morgan fingerprint density at radius 3 is 2.48 bits per heavy atom.